The van der Waals surface area contributed by atoms with Gasteiger partial charge < -0.3 is 14.2 Å². The lowest BCUT2D eigenvalue weighted by Crippen LogP contribution is -2.32. The Labute approximate surface area is 148 Å². The van der Waals surface area contributed by atoms with Crippen molar-refractivity contribution in [3.63, 3.8) is 0 Å². The van der Waals surface area contributed by atoms with Crippen LogP contribution in [0, 0.1) is 6.92 Å². The summed E-state index contributed by atoms with van der Waals surface area (Å²) < 4.78 is 7.56. The number of amides is 1. The smallest absolute Gasteiger partial charge is 0.242 e. The number of rotatable bonds is 6. The monoisotopic (exact) mass is 342 g/mol. The maximum absolute atomic E-state index is 12.6. The number of aryl methyl sites for hydroxylation is 1. The van der Waals surface area contributed by atoms with Crippen molar-refractivity contribution in [2.75, 3.05) is 20.2 Å². The van der Waals surface area contributed by atoms with E-state index in [1.54, 1.807) is 11.0 Å². The van der Waals surface area contributed by atoms with Crippen LogP contribution in [0.25, 0.3) is 10.9 Å². The number of fused-ring (bicyclic) bond motifs is 1. The molecule has 0 aliphatic carbocycles. The molecule has 1 aliphatic heterocycles. The number of likely N-dealkylation sites (N-methyl/N-ethyl adjacent to an activating group) is 1. The highest BCUT2D eigenvalue weighted by atomic mass is 16.5. The lowest BCUT2D eigenvalue weighted by atomic mass is 10.1. The molecule has 0 unspecified atom stereocenters. The van der Waals surface area contributed by atoms with Crippen molar-refractivity contribution in [2.24, 2.45) is 0 Å². The third-order valence-electron chi connectivity index (χ3n) is 4.99. The van der Waals surface area contributed by atoms with Crippen LogP contribution in [0.5, 0.6) is 0 Å². The van der Waals surface area contributed by atoms with Crippen LogP contribution in [0.2, 0.25) is 0 Å². The topological polar surface area (TPSA) is 51.5 Å². The maximum Gasteiger partial charge on any atom is 0.242 e. The molecule has 0 spiro atoms. The van der Waals surface area contributed by atoms with Crippen LogP contribution in [0.15, 0.2) is 35.1 Å². The van der Waals surface area contributed by atoms with E-state index < -0.39 is 0 Å². The molecule has 0 N–H and O–H groups in total. The van der Waals surface area contributed by atoms with Crippen LogP contribution in [0.3, 0.4) is 0 Å². The second-order valence-corrected chi connectivity index (χ2v) is 6.85. The van der Waals surface area contributed by atoms with Gasteiger partial charge in [0.2, 0.25) is 5.91 Å². The summed E-state index contributed by atoms with van der Waals surface area (Å²) in [5.74, 6) is 0.0595. The summed E-state index contributed by atoms with van der Waals surface area (Å²) in [5, 5.41) is 0.655. The minimum Gasteiger partial charge on any atom is -0.378 e. The van der Waals surface area contributed by atoms with Gasteiger partial charge in [0.15, 0.2) is 5.43 Å². The summed E-state index contributed by atoms with van der Waals surface area (Å²) in [7, 11) is 1.85. The molecule has 1 aliphatic rings. The Balaban J connectivity index is 1.66. The van der Waals surface area contributed by atoms with Gasteiger partial charge >= 0.3 is 0 Å². The summed E-state index contributed by atoms with van der Waals surface area (Å²) >= 11 is 0. The number of benzene rings is 1. The maximum atomic E-state index is 12.6. The Hall–Kier alpha value is -2.14. The van der Waals surface area contributed by atoms with E-state index in [0.29, 0.717) is 11.5 Å². The predicted molar refractivity (Wildman–Crippen MR) is 98.8 cm³/mol. The van der Waals surface area contributed by atoms with Gasteiger partial charge in [-0.2, -0.15) is 0 Å². The minimum absolute atomic E-state index is 0.00159. The Kier molecular flexibility index (Phi) is 5.53. The third kappa shape index (κ3) is 4.10. The minimum atomic E-state index is 0.00159. The molecule has 0 radical (unpaired) electrons. The molecule has 5 heteroatoms. The van der Waals surface area contributed by atoms with Gasteiger partial charge in [-0.05, 0) is 44.7 Å². The number of hydrogen-bond acceptors (Lipinski definition) is 3. The molecular formula is C20H26N2O3. The molecule has 1 aromatic carbocycles. The van der Waals surface area contributed by atoms with Crippen LogP contribution in [0.4, 0.5) is 0 Å². The number of carbonyl (C=O) groups is 1. The molecule has 0 bridgehead atoms. The molecular weight excluding hydrogens is 316 g/mol. The molecule has 0 saturated carbocycles. The van der Waals surface area contributed by atoms with E-state index in [4.69, 9.17) is 4.74 Å². The van der Waals surface area contributed by atoms with E-state index >= 15 is 0 Å². The number of hydrogen-bond donors (Lipinski definition) is 0. The van der Waals surface area contributed by atoms with E-state index in [1.165, 1.54) is 0 Å². The van der Waals surface area contributed by atoms with E-state index in [2.05, 4.69) is 0 Å². The van der Waals surface area contributed by atoms with Crippen molar-refractivity contribution in [3.05, 3.63) is 46.2 Å². The van der Waals surface area contributed by atoms with Crippen LogP contribution >= 0.6 is 0 Å². The number of carbonyl (C=O) groups excluding carboxylic acids is 1. The first-order chi connectivity index (χ1) is 12.1. The van der Waals surface area contributed by atoms with Gasteiger partial charge in [-0.1, -0.05) is 12.1 Å². The van der Waals surface area contributed by atoms with Crippen molar-refractivity contribution in [3.8, 4) is 0 Å². The van der Waals surface area contributed by atoms with Crippen LogP contribution < -0.4 is 5.43 Å². The van der Waals surface area contributed by atoms with Crippen LogP contribution in [-0.2, 0) is 16.1 Å². The predicted octanol–water partition coefficient (Wildman–Crippen LogP) is 2.73. The highest BCUT2D eigenvalue weighted by molar-refractivity contribution is 5.82. The quantitative estimate of drug-likeness (QED) is 0.811. The van der Waals surface area contributed by atoms with Gasteiger partial charge in [0, 0.05) is 37.3 Å². The highest BCUT2D eigenvalue weighted by Gasteiger charge is 2.17. The summed E-state index contributed by atoms with van der Waals surface area (Å²) in [6.07, 6.45) is 4.63. The molecule has 25 heavy (non-hydrogen) atoms. The van der Waals surface area contributed by atoms with Crippen molar-refractivity contribution in [1.82, 2.24) is 9.47 Å². The Morgan fingerprint density at radius 2 is 2.16 bits per heavy atom. The Morgan fingerprint density at radius 1 is 1.36 bits per heavy atom. The van der Waals surface area contributed by atoms with Gasteiger partial charge in [0.25, 0.3) is 0 Å². The van der Waals surface area contributed by atoms with E-state index in [0.717, 1.165) is 50.0 Å². The molecule has 5 nitrogen and oxygen atoms in total. The number of ether oxygens (including phenoxy) is 1. The van der Waals surface area contributed by atoms with Gasteiger partial charge in [0.05, 0.1) is 11.6 Å². The third-order valence-corrected chi connectivity index (χ3v) is 4.99. The first kappa shape index (κ1) is 17.7. The zero-order valence-electron chi connectivity index (χ0n) is 15.0. The largest absolute Gasteiger partial charge is 0.378 e. The molecule has 3 rings (SSSR count). The van der Waals surface area contributed by atoms with Gasteiger partial charge in [-0.15, -0.1) is 0 Å². The van der Waals surface area contributed by atoms with E-state index in [9.17, 15) is 9.59 Å². The van der Waals surface area contributed by atoms with Crippen molar-refractivity contribution in [2.45, 2.75) is 45.3 Å². The fourth-order valence-electron chi connectivity index (χ4n) is 3.47. The van der Waals surface area contributed by atoms with Gasteiger partial charge in [-0.25, -0.2) is 0 Å². The highest BCUT2D eigenvalue weighted by Crippen LogP contribution is 2.17. The molecule has 134 valence electrons. The number of para-hydroxylation sites is 1. The average molecular weight is 342 g/mol. The molecule has 1 amide bonds. The number of nitrogens with zero attached hydrogens (tertiary/aromatic N) is 2. The van der Waals surface area contributed by atoms with Crippen LogP contribution in [-0.4, -0.2) is 41.7 Å². The van der Waals surface area contributed by atoms with E-state index in [-0.39, 0.29) is 17.9 Å². The number of aromatic nitrogens is 1. The standard InChI is InChI=1S/C20H26N2O3/c1-15-13-19(23)17-9-3-4-10-18(17)22(15)14-20(24)21(2)11-5-7-16-8-6-12-25-16/h3-4,9-10,13,16H,5-8,11-12,14H2,1-2H3/t16-/m1/s1. The summed E-state index contributed by atoms with van der Waals surface area (Å²) in [5.41, 5.74) is 1.63. The SMILES string of the molecule is Cc1cc(=O)c2ccccc2n1CC(=O)N(C)CCC[C@@H]1CCCO1. The Bertz CT molecular complexity index is 806. The second-order valence-electron chi connectivity index (χ2n) is 6.85. The summed E-state index contributed by atoms with van der Waals surface area (Å²) in [6.45, 7) is 3.73. The molecule has 1 saturated heterocycles. The normalized spacial score (nSPS) is 17.1. The van der Waals surface area contributed by atoms with Gasteiger partial charge in [-0.3, -0.25) is 9.59 Å². The number of pyridine rings is 1. The van der Waals surface area contributed by atoms with Crippen molar-refractivity contribution < 1.29 is 9.53 Å². The molecule has 2 aromatic rings. The Morgan fingerprint density at radius 3 is 2.92 bits per heavy atom. The summed E-state index contributed by atoms with van der Waals surface area (Å²) in [6, 6.07) is 9.06. The van der Waals surface area contributed by atoms with Crippen molar-refractivity contribution in [1.29, 1.82) is 0 Å². The molecule has 1 fully saturated rings. The summed E-state index contributed by atoms with van der Waals surface area (Å²) in [4.78, 5) is 26.5. The zero-order chi connectivity index (χ0) is 17.8. The molecule has 2 heterocycles. The zero-order valence-corrected chi connectivity index (χ0v) is 15.0. The van der Waals surface area contributed by atoms with Crippen LogP contribution in [0.1, 0.15) is 31.4 Å². The van der Waals surface area contributed by atoms with E-state index in [1.807, 2.05) is 42.8 Å². The second kappa shape index (κ2) is 7.83. The van der Waals surface area contributed by atoms with Gasteiger partial charge in [0.1, 0.15) is 6.54 Å². The first-order valence-corrected chi connectivity index (χ1v) is 9.01. The molecule has 1 atom stereocenters. The lowest BCUT2D eigenvalue weighted by Gasteiger charge is -2.21. The fourth-order valence-corrected chi connectivity index (χ4v) is 3.47. The molecule has 1 aromatic heterocycles. The average Bonchev–Trinajstić information content (AvgIpc) is 3.11. The fraction of sp³-hybridized carbons (Fsp3) is 0.500. The first-order valence-electron chi connectivity index (χ1n) is 9.01. The lowest BCUT2D eigenvalue weighted by molar-refractivity contribution is -0.130. The van der Waals surface area contributed by atoms with Crippen molar-refractivity contribution >= 4 is 16.8 Å².